The van der Waals surface area contributed by atoms with Gasteiger partial charge in [-0.3, -0.25) is 4.98 Å². The first kappa shape index (κ1) is 21.4. The third-order valence-corrected chi connectivity index (χ3v) is 5.51. The van der Waals surface area contributed by atoms with Crippen LogP contribution in [0, 0.1) is 18.3 Å². The van der Waals surface area contributed by atoms with Crippen LogP contribution in [-0.4, -0.2) is 42.1 Å². The van der Waals surface area contributed by atoms with Crippen LogP contribution in [-0.2, 0) is 0 Å². The van der Waals surface area contributed by atoms with Gasteiger partial charge in [0.2, 0.25) is 0 Å². The summed E-state index contributed by atoms with van der Waals surface area (Å²) in [4.78, 5) is 9.67. The first-order valence-electron chi connectivity index (χ1n) is 10.7. The first-order valence-corrected chi connectivity index (χ1v) is 10.7. The maximum atomic E-state index is 9.72. The molecule has 0 bridgehead atoms. The number of H-pyrrole nitrogens is 1. The molecule has 2 heterocycles. The molecule has 6 nitrogen and oxygen atoms in total. The average molecular weight is 426 g/mol. The fourth-order valence-corrected chi connectivity index (χ4v) is 3.75. The Labute approximate surface area is 188 Å². The molecule has 0 aliphatic heterocycles. The topological polar surface area (TPSA) is 77.0 Å². The third kappa shape index (κ3) is 4.58. The fourth-order valence-electron chi connectivity index (χ4n) is 3.75. The SMILES string of the molecule is Cc1c(Nc2c(C#N)cncc2-c2ccc(OCCCN(C)C)cc2)ccc2[nH]ccc12. The van der Waals surface area contributed by atoms with Crippen LogP contribution in [0.4, 0.5) is 11.4 Å². The van der Waals surface area contributed by atoms with Crippen LogP contribution < -0.4 is 10.1 Å². The molecular formula is C26H27N5O. The zero-order valence-electron chi connectivity index (χ0n) is 18.6. The maximum absolute atomic E-state index is 9.72. The third-order valence-electron chi connectivity index (χ3n) is 5.51. The Bertz CT molecular complexity index is 1250. The molecule has 0 aliphatic rings. The Morgan fingerprint density at radius 1 is 1.09 bits per heavy atom. The quantitative estimate of drug-likeness (QED) is 0.365. The lowest BCUT2D eigenvalue weighted by atomic mass is 10.0. The Hall–Kier alpha value is -3.82. The van der Waals surface area contributed by atoms with Crippen LogP contribution in [0.2, 0.25) is 0 Å². The van der Waals surface area contributed by atoms with Crippen molar-refractivity contribution < 1.29 is 4.74 Å². The summed E-state index contributed by atoms with van der Waals surface area (Å²) in [5.41, 5.74) is 6.26. The summed E-state index contributed by atoms with van der Waals surface area (Å²) in [5, 5.41) is 14.4. The zero-order valence-corrected chi connectivity index (χ0v) is 18.6. The summed E-state index contributed by atoms with van der Waals surface area (Å²) in [7, 11) is 4.11. The second-order valence-electron chi connectivity index (χ2n) is 8.05. The van der Waals surface area contributed by atoms with Crippen LogP contribution in [0.5, 0.6) is 5.75 Å². The number of aromatic amines is 1. The number of fused-ring (bicyclic) bond motifs is 1. The predicted molar refractivity (Wildman–Crippen MR) is 129 cm³/mol. The van der Waals surface area contributed by atoms with Gasteiger partial charge in [0.05, 0.1) is 17.9 Å². The maximum Gasteiger partial charge on any atom is 0.119 e. The number of hydrogen-bond donors (Lipinski definition) is 2. The van der Waals surface area contributed by atoms with Gasteiger partial charge >= 0.3 is 0 Å². The molecular weight excluding hydrogens is 398 g/mol. The van der Waals surface area contributed by atoms with Crippen LogP contribution >= 0.6 is 0 Å². The van der Waals surface area contributed by atoms with E-state index in [0.717, 1.165) is 57.7 Å². The van der Waals surface area contributed by atoms with E-state index in [2.05, 4.69) is 53.3 Å². The number of hydrogen-bond acceptors (Lipinski definition) is 5. The highest BCUT2D eigenvalue weighted by atomic mass is 16.5. The summed E-state index contributed by atoms with van der Waals surface area (Å²) < 4.78 is 5.85. The Morgan fingerprint density at radius 3 is 2.66 bits per heavy atom. The number of aryl methyl sites for hydroxylation is 1. The van der Waals surface area contributed by atoms with E-state index in [1.54, 1.807) is 12.4 Å². The highest BCUT2D eigenvalue weighted by molar-refractivity contribution is 5.91. The number of anilines is 2. The van der Waals surface area contributed by atoms with E-state index in [9.17, 15) is 5.26 Å². The minimum atomic E-state index is 0.500. The highest BCUT2D eigenvalue weighted by Gasteiger charge is 2.14. The monoisotopic (exact) mass is 425 g/mol. The van der Waals surface area contributed by atoms with Gasteiger partial charge in [0, 0.05) is 47.3 Å². The van der Waals surface area contributed by atoms with Gasteiger partial charge in [-0.05, 0) is 68.9 Å². The van der Waals surface area contributed by atoms with Crippen LogP contribution in [0.15, 0.2) is 61.1 Å². The zero-order chi connectivity index (χ0) is 22.5. The van der Waals surface area contributed by atoms with E-state index in [1.807, 2.05) is 42.6 Å². The number of nitrogens with zero attached hydrogens (tertiary/aromatic N) is 3. The van der Waals surface area contributed by atoms with Crippen molar-refractivity contribution in [1.82, 2.24) is 14.9 Å². The molecule has 2 aromatic carbocycles. The summed E-state index contributed by atoms with van der Waals surface area (Å²) >= 11 is 0. The Morgan fingerprint density at radius 2 is 1.91 bits per heavy atom. The Balaban J connectivity index is 1.61. The van der Waals surface area contributed by atoms with Crippen molar-refractivity contribution >= 4 is 22.3 Å². The van der Waals surface area contributed by atoms with Gasteiger partial charge in [0.15, 0.2) is 0 Å². The molecule has 0 aliphatic carbocycles. The van der Waals surface area contributed by atoms with Gasteiger partial charge in [-0.1, -0.05) is 12.1 Å². The molecule has 0 atom stereocenters. The summed E-state index contributed by atoms with van der Waals surface area (Å²) in [5.74, 6) is 0.833. The molecule has 0 radical (unpaired) electrons. The van der Waals surface area contributed by atoms with Crippen molar-refractivity contribution in [2.24, 2.45) is 0 Å². The minimum absolute atomic E-state index is 0.500. The largest absolute Gasteiger partial charge is 0.494 e. The number of pyridine rings is 1. The van der Waals surface area contributed by atoms with Crippen LogP contribution in [0.25, 0.3) is 22.0 Å². The fraction of sp³-hybridized carbons (Fsp3) is 0.231. The number of aromatic nitrogens is 2. The van der Waals surface area contributed by atoms with E-state index < -0.39 is 0 Å². The van der Waals surface area contributed by atoms with Gasteiger partial charge in [-0.15, -0.1) is 0 Å². The summed E-state index contributed by atoms with van der Waals surface area (Å²) in [6.07, 6.45) is 6.30. The van der Waals surface area contributed by atoms with E-state index in [1.165, 1.54) is 0 Å². The second-order valence-corrected chi connectivity index (χ2v) is 8.05. The molecule has 4 aromatic rings. The average Bonchev–Trinajstić information content (AvgIpc) is 3.29. The highest BCUT2D eigenvalue weighted by Crippen LogP contribution is 2.35. The standard InChI is InChI=1S/C26H27N5O/c1-18-22-11-12-29-25(22)10-9-24(18)30-26-20(15-27)16-28-17-23(26)19-5-7-21(8-6-19)32-14-4-13-31(2)3/h5-12,16-17,29H,4,13-14H2,1-3H3,(H,28,30). The Kier molecular flexibility index (Phi) is 6.39. The van der Waals surface area contributed by atoms with Crippen molar-refractivity contribution in [3.05, 3.63) is 72.2 Å². The molecule has 0 amide bonds. The van der Waals surface area contributed by atoms with Crippen molar-refractivity contribution in [2.45, 2.75) is 13.3 Å². The second kappa shape index (κ2) is 9.54. The first-order chi connectivity index (χ1) is 15.6. The van der Waals surface area contributed by atoms with Gasteiger partial charge in [0.1, 0.15) is 11.8 Å². The van der Waals surface area contributed by atoms with E-state index in [-0.39, 0.29) is 0 Å². The van der Waals surface area contributed by atoms with E-state index in [0.29, 0.717) is 12.2 Å². The molecule has 0 unspecified atom stereocenters. The van der Waals surface area contributed by atoms with Gasteiger partial charge < -0.3 is 19.9 Å². The van der Waals surface area contributed by atoms with Gasteiger partial charge in [-0.2, -0.15) is 5.26 Å². The molecule has 32 heavy (non-hydrogen) atoms. The number of benzene rings is 2. The molecule has 2 N–H and O–H groups in total. The lowest BCUT2D eigenvalue weighted by molar-refractivity contribution is 0.281. The molecule has 162 valence electrons. The summed E-state index contributed by atoms with van der Waals surface area (Å²) in [6, 6.07) is 16.3. The molecule has 6 heteroatoms. The number of ether oxygens (including phenoxy) is 1. The molecule has 0 saturated carbocycles. The molecule has 4 rings (SSSR count). The minimum Gasteiger partial charge on any atom is -0.494 e. The number of rotatable bonds is 8. The van der Waals surface area contributed by atoms with Crippen molar-refractivity contribution in [3.63, 3.8) is 0 Å². The van der Waals surface area contributed by atoms with Crippen molar-refractivity contribution in [2.75, 3.05) is 32.6 Å². The van der Waals surface area contributed by atoms with Crippen molar-refractivity contribution in [1.29, 1.82) is 5.26 Å². The molecule has 0 spiro atoms. The normalized spacial score (nSPS) is 11.0. The molecule has 0 fully saturated rings. The lowest BCUT2D eigenvalue weighted by Gasteiger charge is -2.16. The van der Waals surface area contributed by atoms with Crippen LogP contribution in [0.1, 0.15) is 17.5 Å². The summed E-state index contributed by atoms with van der Waals surface area (Å²) in [6.45, 7) is 3.75. The molecule has 0 saturated heterocycles. The van der Waals surface area contributed by atoms with E-state index in [4.69, 9.17) is 4.74 Å². The predicted octanol–water partition coefficient (Wildman–Crippen LogP) is 5.48. The number of nitrogens with one attached hydrogen (secondary N) is 2. The lowest BCUT2D eigenvalue weighted by Crippen LogP contribution is -2.15. The van der Waals surface area contributed by atoms with Gasteiger partial charge in [0.25, 0.3) is 0 Å². The smallest absolute Gasteiger partial charge is 0.119 e. The van der Waals surface area contributed by atoms with Gasteiger partial charge in [-0.25, -0.2) is 0 Å². The van der Waals surface area contributed by atoms with Crippen LogP contribution in [0.3, 0.4) is 0 Å². The van der Waals surface area contributed by atoms with Crippen molar-refractivity contribution in [3.8, 4) is 22.9 Å². The molecule has 2 aromatic heterocycles. The van der Waals surface area contributed by atoms with E-state index >= 15 is 0 Å². The number of nitriles is 1.